The van der Waals surface area contributed by atoms with E-state index in [0.717, 1.165) is 37.4 Å². The fraction of sp³-hybridized carbons (Fsp3) is 0.412. The Kier molecular flexibility index (Phi) is 4.59. The number of rotatable bonds is 3. The van der Waals surface area contributed by atoms with E-state index in [0.29, 0.717) is 0 Å². The Morgan fingerprint density at radius 1 is 1.29 bits per heavy atom. The monoisotopic (exact) mass is 327 g/mol. The van der Waals surface area contributed by atoms with Crippen molar-refractivity contribution in [2.45, 2.75) is 25.8 Å². The molecule has 7 nitrogen and oxygen atoms in total. The molecule has 1 N–H and O–H groups in total. The van der Waals surface area contributed by atoms with E-state index in [-0.39, 0.29) is 22.9 Å². The number of nitrogens with zero attached hydrogens (tertiary/aromatic N) is 4. The van der Waals surface area contributed by atoms with Gasteiger partial charge in [-0.3, -0.25) is 14.6 Å². The van der Waals surface area contributed by atoms with Crippen molar-refractivity contribution in [2.75, 3.05) is 18.0 Å². The average molecular weight is 327 g/mol. The molecular formula is C17H21N5O2. The molecule has 1 fully saturated rings. The quantitative estimate of drug-likeness (QED) is 0.905. The van der Waals surface area contributed by atoms with E-state index < -0.39 is 0 Å². The minimum atomic E-state index is -0.298. The third-order valence-electron chi connectivity index (χ3n) is 4.43. The van der Waals surface area contributed by atoms with Crippen molar-refractivity contribution in [1.82, 2.24) is 19.9 Å². The summed E-state index contributed by atoms with van der Waals surface area (Å²) in [5.41, 5.74) is 0.786. The maximum atomic E-state index is 12.4. The van der Waals surface area contributed by atoms with Crippen LogP contribution in [0.2, 0.25) is 0 Å². The highest BCUT2D eigenvalue weighted by molar-refractivity contribution is 5.94. The predicted molar refractivity (Wildman–Crippen MR) is 91.2 cm³/mol. The van der Waals surface area contributed by atoms with Crippen LogP contribution in [0.25, 0.3) is 0 Å². The first-order chi connectivity index (χ1) is 11.5. The van der Waals surface area contributed by atoms with Crippen molar-refractivity contribution in [1.29, 1.82) is 0 Å². The molecule has 1 aliphatic heterocycles. The van der Waals surface area contributed by atoms with Crippen molar-refractivity contribution in [3.63, 3.8) is 0 Å². The number of nitrogens with one attached hydrogen (secondary N) is 1. The second-order valence-electron chi connectivity index (χ2n) is 6.10. The van der Waals surface area contributed by atoms with Crippen LogP contribution in [-0.4, -0.2) is 39.6 Å². The Hall–Kier alpha value is -2.70. The van der Waals surface area contributed by atoms with Crippen molar-refractivity contribution in [2.24, 2.45) is 7.05 Å². The van der Waals surface area contributed by atoms with Crippen LogP contribution >= 0.6 is 0 Å². The van der Waals surface area contributed by atoms with Crippen LogP contribution < -0.4 is 15.6 Å². The number of carbonyl (C=O) groups is 1. The Labute approximate surface area is 140 Å². The molecule has 24 heavy (non-hydrogen) atoms. The van der Waals surface area contributed by atoms with Crippen LogP contribution in [0.5, 0.6) is 0 Å². The number of aryl methyl sites for hydroxylation is 2. The van der Waals surface area contributed by atoms with Crippen LogP contribution in [0.1, 0.15) is 28.9 Å². The SMILES string of the molecule is Cc1cc(=O)c(C(=O)NC2CCN(c3cnccn3)CC2)cn1C. The van der Waals surface area contributed by atoms with E-state index in [1.54, 1.807) is 29.4 Å². The summed E-state index contributed by atoms with van der Waals surface area (Å²) in [7, 11) is 1.82. The average Bonchev–Trinajstić information content (AvgIpc) is 2.59. The van der Waals surface area contributed by atoms with Gasteiger partial charge in [-0.2, -0.15) is 0 Å². The van der Waals surface area contributed by atoms with Gasteiger partial charge in [0.25, 0.3) is 5.91 Å². The van der Waals surface area contributed by atoms with Gasteiger partial charge in [0.05, 0.1) is 6.20 Å². The van der Waals surface area contributed by atoms with Gasteiger partial charge in [-0.15, -0.1) is 0 Å². The van der Waals surface area contributed by atoms with Gasteiger partial charge in [0.2, 0.25) is 0 Å². The summed E-state index contributed by atoms with van der Waals surface area (Å²) >= 11 is 0. The number of aromatic nitrogens is 3. The summed E-state index contributed by atoms with van der Waals surface area (Å²) in [4.78, 5) is 34.9. The van der Waals surface area contributed by atoms with Crippen LogP contribution in [-0.2, 0) is 7.05 Å². The fourth-order valence-corrected chi connectivity index (χ4v) is 2.87. The molecule has 0 unspecified atom stereocenters. The summed E-state index contributed by atoms with van der Waals surface area (Å²) in [6, 6.07) is 1.56. The molecule has 0 atom stereocenters. The predicted octanol–water partition coefficient (Wildman–Crippen LogP) is 0.883. The number of pyridine rings is 1. The van der Waals surface area contributed by atoms with Gasteiger partial charge in [0.15, 0.2) is 5.43 Å². The molecule has 0 aromatic carbocycles. The van der Waals surface area contributed by atoms with Gasteiger partial charge in [-0.25, -0.2) is 4.98 Å². The molecular weight excluding hydrogens is 306 g/mol. The van der Waals surface area contributed by atoms with Gasteiger partial charge in [-0.05, 0) is 19.8 Å². The molecule has 0 spiro atoms. The summed E-state index contributed by atoms with van der Waals surface area (Å²) < 4.78 is 1.78. The third kappa shape index (κ3) is 3.45. The number of piperidine rings is 1. The first kappa shape index (κ1) is 16.2. The van der Waals surface area contributed by atoms with E-state index in [1.807, 2.05) is 14.0 Å². The Balaban J connectivity index is 1.61. The smallest absolute Gasteiger partial charge is 0.256 e. The molecule has 7 heteroatoms. The lowest BCUT2D eigenvalue weighted by Crippen LogP contribution is -2.45. The molecule has 0 bridgehead atoms. The molecule has 2 aromatic rings. The normalized spacial score (nSPS) is 15.3. The van der Waals surface area contributed by atoms with Crippen molar-refractivity contribution in [3.8, 4) is 0 Å². The second kappa shape index (κ2) is 6.82. The molecule has 2 aromatic heterocycles. The highest BCUT2D eigenvalue weighted by atomic mass is 16.2. The lowest BCUT2D eigenvalue weighted by Gasteiger charge is -2.32. The number of hydrogen-bond donors (Lipinski definition) is 1. The maximum absolute atomic E-state index is 12.4. The summed E-state index contributed by atoms with van der Waals surface area (Å²) in [6.07, 6.45) is 8.30. The van der Waals surface area contributed by atoms with Gasteiger partial charge in [-0.1, -0.05) is 0 Å². The van der Waals surface area contributed by atoms with E-state index >= 15 is 0 Å². The van der Waals surface area contributed by atoms with Gasteiger partial charge < -0.3 is 14.8 Å². The molecule has 126 valence electrons. The molecule has 3 rings (SSSR count). The molecule has 1 amide bonds. The number of carbonyl (C=O) groups excluding carboxylic acids is 1. The Morgan fingerprint density at radius 2 is 2.04 bits per heavy atom. The lowest BCUT2D eigenvalue weighted by molar-refractivity contribution is 0.0929. The van der Waals surface area contributed by atoms with Gasteiger partial charge in [0, 0.05) is 56.5 Å². The number of anilines is 1. The zero-order valence-electron chi connectivity index (χ0n) is 13.9. The molecule has 1 aliphatic rings. The van der Waals surface area contributed by atoms with Crippen molar-refractivity contribution in [3.05, 3.63) is 52.3 Å². The van der Waals surface area contributed by atoms with Crippen LogP contribution in [0.4, 0.5) is 5.82 Å². The zero-order valence-corrected chi connectivity index (χ0v) is 13.9. The zero-order chi connectivity index (χ0) is 17.1. The van der Waals surface area contributed by atoms with Crippen molar-refractivity contribution >= 4 is 11.7 Å². The minimum Gasteiger partial charge on any atom is -0.355 e. The van der Waals surface area contributed by atoms with Crippen LogP contribution in [0.3, 0.4) is 0 Å². The van der Waals surface area contributed by atoms with E-state index in [4.69, 9.17) is 0 Å². The first-order valence-corrected chi connectivity index (χ1v) is 8.03. The molecule has 3 heterocycles. The largest absolute Gasteiger partial charge is 0.355 e. The van der Waals surface area contributed by atoms with Gasteiger partial charge in [0.1, 0.15) is 11.4 Å². The lowest BCUT2D eigenvalue weighted by atomic mass is 10.0. The summed E-state index contributed by atoms with van der Waals surface area (Å²) in [6.45, 7) is 3.44. The topological polar surface area (TPSA) is 80.1 Å². The maximum Gasteiger partial charge on any atom is 0.256 e. The van der Waals surface area contributed by atoms with E-state index in [9.17, 15) is 9.59 Å². The first-order valence-electron chi connectivity index (χ1n) is 8.03. The molecule has 1 saturated heterocycles. The highest BCUT2D eigenvalue weighted by Gasteiger charge is 2.23. The number of amides is 1. The molecule has 0 saturated carbocycles. The van der Waals surface area contributed by atoms with Crippen LogP contribution in [0.15, 0.2) is 35.6 Å². The summed E-state index contributed by atoms with van der Waals surface area (Å²) in [5.74, 6) is 0.559. The minimum absolute atomic E-state index is 0.0661. The molecule has 0 radical (unpaired) electrons. The summed E-state index contributed by atoms with van der Waals surface area (Å²) in [5, 5.41) is 2.98. The second-order valence-corrected chi connectivity index (χ2v) is 6.10. The third-order valence-corrected chi connectivity index (χ3v) is 4.43. The Bertz CT molecular complexity index is 779. The molecule has 0 aliphatic carbocycles. The van der Waals surface area contributed by atoms with Gasteiger partial charge >= 0.3 is 0 Å². The number of hydrogen-bond acceptors (Lipinski definition) is 5. The Morgan fingerprint density at radius 3 is 2.71 bits per heavy atom. The standard InChI is InChI=1S/C17H21N5O2/c1-12-9-15(23)14(11-21(12)2)17(24)20-13-3-7-22(8-4-13)16-10-18-5-6-19-16/h5-6,9-11,13H,3-4,7-8H2,1-2H3,(H,20,24). The van der Waals surface area contributed by atoms with Crippen LogP contribution in [0, 0.1) is 6.92 Å². The van der Waals surface area contributed by atoms with Crippen molar-refractivity contribution < 1.29 is 4.79 Å². The van der Waals surface area contributed by atoms with E-state index in [2.05, 4.69) is 20.2 Å². The highest BCUT2D eigenvalue weighted by Crippen LogP contribution is 2.16. The fourth-order valence-electron chi connectivity index (χ4n) is 2.87. The van der Waals surface area contributed by atoms with E-state index in [1.165, 1.54) is 6.07 Å².